The lowest BCUT2D eigenvalue weighted by Gasteiger charge is -2.21. The zero-order valence-electron chi connectivity index (χ0n) is 16.7. The number of nitrogens with two attached hydrogens (primary N) is 1. The van der Waals surface area contributed by atoms with Gasteiger partial charge in [-0.3, -0.25) is 19.8 Å². The fourth-order valence-corrected chi connectivity index (χ4v) is 3.07. The summed E-state index contributed by atoms with van der Waals surface area (Å²) in [7, 11) is 0. The summed E-state index contributed by atoms with van der Waals surface area (Å²) < 4.78 is 5.04. The molecule has 4 N–H and O–H groups in total. The van der Waals surface area contributed by atoms with Gasteiger partial charge in [0.25, 0.3) is 0 Å². The highest BCUT2D eigenvalue weighted by Crippen LogP contribution is 2.20. The van der Waals surface area contributed by atoms with Crippen molar-refractivity contribution in [3.8, 4) is 11.1 Å². The molecule has 2 atom stereocenters. The minimum absolute atomic E-state index is 0.288. The number of hydrogen-bond acceptors (Lipinski definition) is 5. The number of ether oxygens (including phenoxy) is 1. The normalized spacial score (nSPS) is 12.5. The third-order valence-electron chi connectivity index (χ3n) is 4.54. The van der Waals surface area contributed by atoms with Gasteiger partial charge < -0.3 is 10.1 Å². The molecule has 0 saturated carbocycles. The lowest BCUT2D eigenvalue weighted by molar-refractivity contribution is -0.148. The number of esters is 1. The first kappa shape index (κ1) is 22.1. The number of carbonyl (C=O) groups is 3. The number of benzene rings is 2. The summed E-state index contributed by atoms with van der Waals surface area (Å²) in [5.41, 5.74) is 4.98. The maximum absolute atomic E-state index is 12.0. The second-order valence-corrected chi connectivity index (χ2v) is 6.80. The van der Waals surface area contributed by atoms with Gasteiger partial charge in [-0.25, -0.2) is 5.84 Å². The first-order chi connectivity index (χ1) is 13.9. The average Bonchev–Trinajstić information content (AvgIpc) is 2.74. The second-order valence-electron chi connectivity index (χ2n) is 6.80. The Morgan fingerprint density at radius 1 is 0.966 bits per heavy atom. The van der Waals surface area contributed by atoms with Crippen LogP contribution >= 0.6 is 0 Å². The van der Waals surface area contributed by atoms with Gasteiger partial charge in [0.1, 0.15) is 0 Å². The van der Waals surface area contributed by atoms with Gasteiger partial charge in [-0.1, -0.05) is 61.5 Å². The molecule has 154 valence electrons. The zero-order chi connectivity index (χ0) is 21.2. The van der Waals surface area contributed by atoms with Crippen LogP contribution in [-0.4, -0.2) is 30.4 Å². The van der Waals surface area contributed by atoms with Crippen molar-refractivity contribution in [3.05, 3.63) is 60.2 Å². The van der Waals surface area contributed by atoms with Crippen LogP contribution in [0.15, 0.2) is 54.6 Å². The molecule has 29 heavy (non-hydrogen) atoms. The van der Waals surface area contributed by atoms with E-state index in [1.54, 1.807) is 13.8 Å². The predicted molar refractivity (Wildman–Crippen MR) is 110 cm³/mol. The first-order valence-electron chi connectivity index (χ1n) is 9.57. The quantitative estimate of drug-likeness (QED) is 0.207. The van der Waals surface area contributed by atoms with Crippen molar-refractivity contribution >= 4 is 17.8 Å². The number of nitrogens with one attached hydrogen (secondary N) is 2. The molecule has 0 bridgehead atoms. The molecule has 2 aromatic rings. The summed E-state index contributed by atoms with van der Waals surface area (Å²) in [6.07, 6.45) is 0.797. The van der Waals surface area contributed by atoms with E-state index in [-0.39, 0.29) is 12.6 Å². The fraction of sp³-hybridized carbons (Fsp3) is 0.318. The van der Waals surface area contributed by atoms with Crippen LogP contribution in [0.25, 0.3) is 11.1 Å². The first-order valence-corrected chi connectivity index (χ1v) is 9.57. The molecule has 2 aromatic carbocycles. The minimum Gasteiger partial charge on any atom is -0.466 e. The summed E-state index contributed by atoms with van der Waals surface area (Å²) in [6, 6.07) is 17.5. The van der Waals surface area contributed by atoms with Crippen LogP contribution in [0.2, 0.25) is 0 Å². The fourth-order valence-electron chi connectivity index (χ4n) is 3.07. The zero-order valence-corrected chi connectivity index (χ0v) is 16.7. The van der Waals surface area contributed by atoms with Gasteiger partial charge >= 0.3 is 17.8 Å². The highest BCUT2D eigenvalue weighted by molar-refractivity contribution is 6.34. The van der Waals surface area contributed by atoms with E-state index in [4.69, 9.17) is 10.6 Å². The molecule has 7 heteroatoms. The monoisotopic (exact) mass is 397 g/mol. The Morgan fingerprint density at radius 2 is 1.59 bits per heavy atom. The van der Waals surface area contributed by atoms with E-state index in [2.05, 4.69) is 5.32 Å². The molecule has 0 saturated heterocycles. The molecule has 0 spiro atoms. The van der Waals surface area contributed by atoms with Crippen molar-refractivity contribution in [1.82, 2.24) is 10.7 Å². The molecule has 2 unspecified atom stereocenters. The Balaban J connectivity index is 2.12. The van der Waals surface area contributed by atoms with Gasteiger partial charge in [0, 0.05) is 6.04 Å². The Labute approximate surface area is 170 Å². The van der Waals surface area contributed by atoms with Crippen molar-refractivity contribution in [2.45, 2.75) is 32.7 Å². The average molecular weight is 397 g/mol. The molecule has 0 aromatic heterocycles. The molecule has 2 rings (SSSR count). The smallest absolute Gasteiger partial charge is 0.323 e. The maximum atomic E-state index is 12.0. The van der Waals surface area contributed by atoms with E-state index in [0.29, 0.717) is 12.8 Å². The summed E-state index contributed by atoms with van der Waals surface area (Å²) in [6.45, 7) is 3.76. The highest BCUT2D eigenvalue weighted by Gasteiger charge is 2.24. The molecule has 7 nitrogen and oxygen atoms in total. The molecule has 2 amide bonds. The van der Waals surface area contributed by atoms with Gasteiger partial charge in [0.05, 0.1) is 12.5 Å². The topological polar surface area (TPSA) is 111 Å². The van der Waals surface area contributed by atoms with Crippen molar-refractivity contribution < 1.29 is 19.1 Å². The van der Waals surface area contributed by atoms with Crippen LogP contribution < -0.4 is 16.6 Å². The summed E-state index contributed by atoms with van der Waals surface area (Å²) in [4.78, 5) is 35.4. The second kappa shape index (κ2) is 11.0. The number of rotatable bonds is 8. The number of hydrazine groups is 1. The largest absolute Gasteiger partial charge is 0.466 e. The summed E-state index contributed by atoms with van der Waals surface area (Å²) in [5.74, 6) is 2.49. The van der Waals surface area contributed by atoms with Crippen molar-refractivity contribution in [3.63, 3.8) is 0 Å². The van der Waals surface area contributed by atoms with Crippen LogP contribution in [0, 0.1) is 5.92 Å². The van der Waals surface area contributed by atoms with E-state index < -0.39 is 23.8 Å². The third-order valence-corrected chi connectivity index (χ3v) is 4.54. The lowest BCUT2D eigenvalue weighted by Crippen LogP contribution is -2.48. The summed E-state index contributed by atoms with van der Waals surface area (Å²) >= 11 is 0. The van der Waals surface area contributed by atoms with E-state index >= 15 is 0 Å². The van der Waals surface area contributed by atoms with E-state index in [0.717, 1.165) is 16.7 Å². The molecule has 0 aliphatic rings. The summed E-state index contributed by atoms with van der Waals surface area (Å²) in [5, 5.41) is 2.65. The van der Waals surface area contributed by atoms with E-state index in [9.17, 15) is 14.4 Å². The maximum Gasteiger partial charge on any atom is 0.323 e. The molecule has 0 aliphatic carbocycles. The standard InChI is InChI=1S/C22H27N3O4/c1-3-29-22(28)15(2)13-19(24-20(26)21(27)25-23)14-16-9-11-18(12-10-16)17-7-5-4-6-8-17/h4-12,15,19H,3,13-14,23H2,1-2H3,(H,24,26)(H,25,27). The molecular formula is C22H27N3O4. The van der Waals surface area contributed by atoms with Crippen molar-refractivity contribution in [2.75, 3.05) is 6.61 Å². The Kier molecular flexibility index (Phi) is 8.36. The number of amides is 2. The predicted octanol–water partition coefficient (Wildman–Crippen LogP) is 1.96. The van der Waals surface area contributed by atoms with E-state index in [1.807, 2.05) is 60.0 Å². The van der Waals surface area contributed by atoms with Crippen LogP contribution in [0.1, 0.15) is 25.8 Å². The Morgan fingerprint density at radius 3 is 2.17 bits per heavy atom. The Bertz CT molecular complexity index is 822. The minimum atomic E-state index is -0.932. The van der Waals surface area contributed by atoms with Crippen LogP contribution in [0.4, 0.5) is 0 Å². The molecule has 0 radical (unpaired) electrons. The molecule has 0 heterocycles. The van der Waals surface area contributed by atoms with Gasteiger partial charge in [-0.2, -0.15) is 0 Å². The van der Waals surface area contributed by atoms with E-state index in [1.165, 1.54) is 0 Å². The van der Waals surface area contributed by atoms with Gasteiger partial charge in [-0.15, -0.1) is 0 Å². The van der Waals surface area contributed by atoms with Crippen LogP contribution in [-0.2, 0) is 25.5 Å². The SMILES string of the molecule is CCOC(=O)C(C)CC(Cc1ccc(-c2ccccc2)cc1)NC(=O)C(=O)NN. The third kappa shape index (κ3) is 6.73. The van der Waals surface area contributed by atoms with Crippen LogP contribution in [0.3, 0.4) is 0 Å². The molecule has 0 fully saturated rings. The van der Waals surface area contributed by atoms with Crippen molar-refractivity contribution in [1.29, 1.82) is 0 Å². The van der Waals surface area contributed by atoms with Crippen LogP contribution in [0.5, 0.6) is 0 Å². The lowest BCUT2D eigenvalue weighted by atomic mass is 9.95. The number of hydrogen-bond donors (Lipinski definition) is 3. The van der Waals surface area contributed by atoms with Gasteiger partial charge in [-0.05, 0) is 36.5 Å². The molecular weight excluding hydrogens is 370 g/mol. The van der Waals surface area contributed by atoms with Gasteiger partial charge in [0.2, 0.25) is 0 Å². The van der Waals surface area contributed by atoms with Crippen molar-refractivity contribution in [2.24, 2.45) is 11.8 Å². The highest BCUT2D eigenvalue weighted by atomic mass is 16.5. The number of carbonyl (C=O) groups excluding carboxylic acids is 3. The Hall–Kier alpha value is -3.19. The molecule has 0 aliphatic heterocycles. The van der Waals surface area contributed by atoms with Gasteiger partial charge in [0.15, 0.2) is 0 Å².